The number of hydrogen-bond acceptors (Lipinski definition) is 4. The normalized spacial score (nSPS) is 10.6. The van der Waals surface area contributed by atoms with Crippen LogP contribution in [-0.2, 0) is 6.42 Å². The molecule has 0 fully saturated rings. The Morgan fingerprint density at radius 2 is 2.22 bits per heavy atom. The quantitative estimate of drug-likeness (QED) is 0.854. The summed E-state index contributed by atoms with van der Waals surface area (Å²) in [5, 5.41) is 13.3. The second-order valence-corrected chi connectivity index (χ2v) is 4.24. The van der Waals surface area contributed by atoms with E-state index in [1.807, 2.05) is 20.8 Å². The van der Waals surface area contributed by atoms with Gasteiger partial charge in [0.25, 0.3) is 5.91 Å². The molecular weight excluding hydrogens is 232 g/mol. The molecule has 2 rings (SSSR count). The molecule has 18 heavy (non-hydrogen) atoms. The van der Waals surface area contributed by atoms with Crippen LogP contribution < -0.4 is 5.32 Å². The lowest BCUT2D eigenvalue weighted by atomic mass is 10.1. The molecule has 6 nitrogen and oxygen atoms in total. The molecular formula is C12H16N4O2. The fourth-order valence-electron chi connectivity index (χ4n) is 1.78. The van der Waals surface area contributed by atoms with E-state index in [0.717, 1.165) is 22.7 Å². The zero-order valence-electron chi connectivity index (χ0n) is 10.7. The third kappa shape index (κ3) is 2.58. The number of rotatable bonds is 4. The summed E-state index contributed by atoms with van der Waals surface area (Å²) in [6, 6.07) is 1.71. The Morgan fingerprint density at radius 1 is 1.44 bits per heavy atom. The summed E-state index contributed by atoms with van der Waals surface area (Å²) in [7, 11) is 0. The van der Waals surface area contributed by atoms with Crippen LogP contribution in [0.15, 0.2) is 10.6 Å². The zero-order chi connectivity index (χ0) is 13.1. The van der Waals surface area contributed by atoms with Gasteiger partial charge in [-0.05, 0) is 33.3 Å². The van der Waals surface area contributed by atoms with E-state index >= 15 is 0 Å². The molecule has 0 spiro atoms. The third-order valence-corrected chi connectivity index (χ3v) is 2.78. The van der Waals surface area contributed by atoms with Gasteiger partial charge in [-0.3, -0.25) is 9.89 Å². The molecule has 0 aliphatic heterocycles. The van der Waals surface area contributed by atoms with Crippen LogP contribution in [0.25, 0.3) is 0 Å². The first-order valence-electron chi connectivity index (χ1n) is 5.80. The number of nitrogens with one attached hydrogen (secondary N) is 2. The highest BCUT2D eigenvalue weighted by Crippen LogP contribution is 2.12. The van der Waals surface area contributed by atoms with Crippen molar-refractivity contribution in [2.45, 2.75) is 27.2 Å². The van der Waals surface area contributed by atoms with Crippen LogP contribution in [0.4, 0.5) is 0 Å². The van der Waals surface area contributed by atoms with Gasteiger partial charge in [-0.2, -0.15) is 5.10 Å². The molecule has 0 aliphatic rings. The van der Waals surface area contributed by atoms with Gasteiger partial charge in [0.2, 0.25) is 0 Å². The maximum absolute atomic E-state index is 11.7. The minimum atomic E-state index is -0.175. The molecule has 0 unspecified atom stereocenters. The lowest BCUT2D eigenvalue weighted by Crippen LogP contribution is -2.26. The van der Waals surface area contributed by atoms with Crippen LogP contribution in [0, 0.1) is 20.8 Å². The van der Waals surface area contributed by atoms with Crippen molar-refractivity contribution < 1.29 is 9.32 Å². The van der Waals surface area contributed by atoms with Gasteiger partial charge in [-0.15, -0.1) is 0 Å². The van der Waals surface area contributed by atoms with Gasteiger partial charge in [-0.1, -0.05) is 5.16 Å². The lowest BCUT2D eigenvalue weighted by molar-refractivity contribution is 0.0949. The average Bonchev–Trinajstić information content (AvgIpc) is 2.89. The van der Waals surface area contributed by atoms with Gasteiger partial charge in [0, 0.05) is 17.8 Å². The lowest BCUT2D eigenvalue weighted by Gasteiger charge is -2.02. The van der Waals surface area contributed by atoms with E-state index in [-0.39, 0.29) is 5.91 Å². The summed E-state index contributed by atoms with van der Waals surface area (Å²) in [5.74, 6) is 0.628. The highest BCUT2D eigenvalue weighted by Gasteiger charge is 2.11. The van der Waals surface area contributed by atoms with Gasteiger partial charge in [-0.25, -0.2) is 0 Å². The fourth-order valence-corrected chi connectivity index (χ4v) is 1.78. The van der Waals surface area contributed by atoms with Crippen molar-refractivity contribution in [3.63, 3.8) is 0 Å². The smallest absolute Gasteiger partial charge is 0.271 e. The standard InChI is InChI=1S/C12H16N4O2/c1-7-6-11(15-14-7)12(17)13-5-4-10-8(2)16-18-9(10)3/h6H,4-5H2,1-3H3,(H,13,17)(H,14,15). The van der Waals surface area contributed by atoms with Crippen LogP contribution in [-0.4, -0.2) is 27.8 Å². The minimum Gasteiger partial charge on any atom is -0.361 e. The van der Waals surface area contributed by atoms with Gasteiger partial charge < -0.3 is 9.84 Å². The number of aromatic amines is 1. The van der Waals surface area contributed by atoms with Gasteiger partial charge in [0.1, 0.15) is 11.5 Å². The van der Waals surface area contributed by atoms with Crippen LogP contribution in [0.5, 0.6) is 0 Å². The number of nitrogens with zero attached hydrogens (tertiary/aromatic N) is 2. The monoisotopic (exact) mass is 248 g/mol. The Morgan fingerprint density at radius 3 is 2.78 bits per heavy atom. The maximum atomic E-state index is 11.7. The predicted octanol–water partition coefficient (Wildman–Crippen LogP) is 1.30. The number of carbonyl (C=O) groups is 1. The molecule has 2 aromatic heterocycles. The zero-order valence-corrected chi connectivity index (χ0v) is 10.7. The second-order valence-electron chi connectivity index (χ2n) is 4.24. The van der Waals surface area contributed by atoms with Gasteiger partial charge in [0.05, 0.1) is 5.69 Å². The first-order valence-corrected chi connectivity index (χ1v) is 5.80. The highest BCUT2D eigenvalue weighted by molar-refractivity contribution is 5.92. The van der Waals surface area contributed by atoms with Crippen molar-refractivity contribution in [2.75, 3.05) is 6.54 Å². The summed E-state index contributed by atoms with van der Waals surface area (Å²) in [5.41, 5.74) is 3.20. The van der Waals surface area contributed by atoms with E-state index in [1.165, 1.54) is 0 Å². The number of amides is 1. The maximum Gasteiger partial charge on any atom is 0.271 e. The molecule has 0 aliphatic carbocycles. The number of aryl methyl sites for hydroxylation is 3. The van der Waals surface area contributed by atoms with Crippen molar-refractivity contribution in [1.29, 1.82) is 0 Å². The van der Waals surface area contributed by atoms with Crippen molar-refractivity contribution in [3.05, 3.63) is 34.5 Å². The summed E-state index contributed by atoms with van der Waals surface area (Å²) < 4.78 is 5.06. The number of H-pyrrole nitrogens is 1. The van der Waals surface area contributed by atoms with Gasteiger partial charge >= 0.3 is 0 Å². The molecule has 2 N–H and O–H groups in total. The molecule has 0 radical (unpaired) electrons. The van der Waals surface area contributed by atoms with E-state index in [1.54, 1.807) is 6.07 Å². The molecule has 0 saturated carbocycles. The van der Waals surface area contributed by atoms with E-state index in [2.05, 4.69) is 20.7 Å². The molecule has 0 bridgehead atoms. The molecule has 0 aromatic carbocycles. The highest BCUT2D eigenvalue weighted by atomic mass is 16.5. The molecule has 0 saturated heterocycles. The van der Waals surface area contributed by atoms with Crippen molar-refractivity contribution >= 4 is 5.91 Å². The number of aromatic nitrogens is 3. The minimum absolute atomic E-state index is 0.175. The Balaban J connectivity index is 1.88. The summed E-state index contributed by atoms with van der Waals surface area (Å²) >= 11 is 0. The topological polar surface area (TPSA) is 83.8 Å². The first-order chi connectivity index (χ1) is 8.58. The van der Waals surface area contributed by atoms with Crippen molar-refractivity contribution in [3.8, 4) is 0 Å². The van der Waals surface area contributed by atoms with E-state index in [0.29, 0.717) is 18.7 Å². The van der Waals surface area contributed by atoms with Crippen LogP contribution in [0.3, 0.4) is 0 Å². The SMILES string of the molecule is Cc1cc(C(=O)NCCc2c(C)noc2C)n[nH]1. The molecule has 6 heteroatoms. The largest absolute Gasteiger partial charge is 0.361 e. The van der Waals surface area contributed by atoms with E-state index in [9.17, 15) is 4.79 Å². The van der Waals surface area contributed by atoms with Crippen molar-refractivity contribution in [2.24, 2.45) is 0 Å². The fraction of sp³-hybridized carbons (Fsp3) is 0.417. The Hall–Kier alpha value is -2.11. The first kappa shape index (κ1) is 12.3. The molecule has 2 heterocycles. The van der Waals surface area contributed by atoms with Crippen molar-refractivity contribution in [1.82, 2.24) is 20.7 Å². The van der Waals surface area contributed by atoms with Crippen LogP contribution >= 0.6 is 0 Å². The molecule has 2 aromatic rings. The summed E-state index contributed by atoms with van der Waals surface area (Å²) in [6.45, 7) is 6.15. The van der Waals surface area contributed by atoms with E-state index < -0.39 is 0 Å². The predicted molar refractivity (Wildman–Crippen MR) is 65.3 cm³/mol. The van der Waals surface area contributed by atoms with Crippen LogP contribution in [0.1, 0.15) is 33.2 Å². The summed E-state index contributed by atoms with van der Waals surface area (Å²) in [6.07, 6.45) is 0.705. The Bertz CT molecular complexity index is 537. The number of carbonyl (C=O) groups excluding carboxylic acids is 1. The third-order valence-electron chi connectivity index (χ3n) is 2.78. The second kappa shape index (κ2) is 5.03. The summed E-state index contributed by atoms with van der Waals surface area (Å²) in [4.78, 5) is 11.7. The Labute approximate surface area is 105 Å². The molecule has 96 valence electrons. The van der Waals surface area contributed by atoms with E-state index in [4.69, 9.17) is 4.52 Å². The average molecular weight is 248 g/mol. The number of hydrogen-bond donors (Lipinski definition) is 2. The van der Waals surface area contributed by atoms with Crippen LogP contribution in [0.2, 0.25) is 0 Å². The van der Waals surface area contributed by atoms with Gasteiger partial charge in [0.15, 0.2) is 0 Å². The molecule has 1 amide bonds. The Kier molecular flexibility index (Phi) is 3.45. The molecule has 0 atom stereocenters.